The molecule has 1 rings (SSSR count). The summed E-state index contributed by atoms with van der Waals surface area (Å²) >= 11 is 0. The first-order valence-corrected chi connectivity index (χ1v) is 5.17. The second-order valence-corrected chi connectivity index (χ2v) is 3.99. The summed E-state index contributed by atoms with van der Waals surface area (Å²) in [6.07, 6.45) is 3.98. The monoisotopic (exact) mass is 170 g/mol. The summed E-state index contributed by atoms with van der Waals surface area (Å²) in [6.45, 7) is 6.99. The van der Waals surface area contributed by atoms with Gasteiger partial charge in [0, 0.05) is 18.6 Å². The highest BCUT2D eigenvalue weighted by atomic mass is 15.2. The molecule has 0 saturated carbocycles. The third-order valence-corrected chi connectivity index (χ3v) is 3.01. The normalized spacial score (nSPS) is 26.5. The molecule has 1 unspecified atom stereocenters. The Labute approximate surface area is 76.3 Å². The van der Waals surface area contributed by atoms with Crippen molar-refractivity contribution in [3.05, 3.63) is 0 Å². The molecular weight excluding hydrogens is 148 g/mol. The van der Waals surface area contributed by atoms with Crippen molar-refractivity contribution in [1.29, 1.82) is 0 Å². The second kappa shape index (κ2) is 4.83. The van der Waals surface area contributed by atoms with Gasteiger partial charge in [0.15, 0.2) is 0 Å². The molecule has 1 saturated heterocycles. The SMILES string of the molecule is CCC(C)N(C)C[C@@H]1CCCN1. The van der Waals surface area contributed by atoms with E-state index in [9.17, 15) is 0 Å². The van der Waals surface area contributed by atoms with Gasteiger partial charge in [-0.3, -0.25) is 0 Å². The van der Waals surface area contributed by atoms with E-state index in [1.807, 2.05) is 0 Å². The minimum absolute atomic E-state index is 0.729. The van der Waals surface area contributed by atoms with Crippen molar-refractivity contribution in [3.8, 4) is 0 Å². The van der Waals surface area contributed by atoms with Gasteiger partial charge in [0.25, 0.3) is 0 Å². The molecule has 2 atom stereocenters. The van der Waals surface area contributed by atoms with Gasteiger partial charge in [-0.25, -0.2) is 0 Å². The summed E-state index contributed by atoms with van der Waals surface area (Å²) in [7, 11) is 2.23. The number of hydrogen-bond donors (Lipinski definition) is 1. The highest BCUT2D eigenvalue weighted by molar-refractivity contribution is 4.78. The van der Waals surface area contributed by atoms with E-state index >= 15 is 0 Å². The van der Waals surface area contributed by atoms with Crippen molar-refractivity contribution < 1.29 is 0 Å². The maximum atomic E-state index is 3.52. The lowest BCUT2D eigenvalue weighted by atomic mass is 10.2. The fourth-order valence-electron chi connectivity index (χ4n) is 1.75. The Morgan fingerprint density at radius 3 is 2.83 bits per heavy atom. The standard InChI is InChI=1S/C10H22N2/c1-4-9(2)12(3)8-10-6-5-7-11-10/h9-11H,4-8H2,1-3H3/t9?,10-/m0/s1. The molecule has 2 nitrogen and oxygen atoms in total. The number of rotatable bonds is 4. The third kappa shape index (κ3) is 2.76. The molecule has 2 heteroatoms. The Morgan fingerprint density at radius 2 is 2.33 bits per heavy atom. The van der Waals surface area contributed by atoms with Gasteiger partial charge >= 0.3 is 0 Å². The minimum atomic E-state index is 0.729. The van der Waals surface area contributed by atoms with E-state index in [-0.39, 0.29) is 0 Å². The van der Waals surface area contributed by atoms with Crippen molar-refractivity contribution in [2.75, 3.05) is 20.1 Å². The van der Waals surface area contributed by atoms with Crippen LogP contribution >= 0.6 is 0 Å². The second-order valence-electron chi connectivity index (χ2n) is 3.99. The fourth-order valence-corrected chi connectivity index (χ4v) is 1.75. The molecule has 1 aliphatic heterocycles. The first-order chi connectivity index (χ1) is 5.74. The summed E-state index contributed by atoms with van der Waals surface area (Å²) in [5.74, 6) is 0. The van der Waals surface area contributed by atoms with E-state index in [2.05, 4.69) is 31.1 Å². The van der Waals surface area contributed by atoms with E-state index in [1.54, 1.807) is 0 Å². The van der Waals surface area contributed by atoms with Gasteiger partial charge in [0.1, 0.15) is 0 Å². The zero-order valence-corrected chi connectivity index (χ0v) is 8.64. The number of hydrogen-bond acceptors (Lipinski definition) is 2. The molecule has 0 amide bonds. The van der Waals surface area contributed by atoms with Gasteiger partial charge in [0.2, 0.25) is 0 Å². The minimum Gasteiger partial charge on any atom is -0.313 e. The molecule has 1 fully saturated rings. The largest absolute Gasteiger partial charge is 0.313 e. The summed E-state index contributed by atoms with van der Waals surface area (Å²) < 4.78 is 0. The molecular formula is C10H22N2. The summed E-state index contributed by atoms with van der Waals surface area (Å²) in [5, 5.41) is 3.52. The zero-order valence-electron chi connectivity index (χ0n) is 8.64. The number of nitrogens with one attached hydrogen (secondary N) is 1. The number of nitrogens with zero attached hydrogens (tertiary/aromatic N) is 1. The van der Waals surface area contributed by atoms with Crippen molar-refractivity contribution in [3.63, 3.8) is 0 Å². The van der Waals surface area contributed by atoms with Gasteiger partial charge in [-0.2, -0.15) is 0 Å². The third-order valence-electron chi connectivity index (χ3n) is 3.01. The van der Waals surface area contributed by atoms with E-state index < -0.39 is 0 Å². The lowest BCUT2D eigenvalue weighted by molar-refractivity contribution is 0.230. The van der Waals surface area contributed by atoms with Crippen LogP contribution in [-0.4, -0.2) is 37.1 Å². The molecule has 1 N–H and O–H groups in total. The van der Waals surface area contributed by atoms with Crippen LogP contribution in [0.2, 0.25) is 0 Å². The quantitative estimate of drug-likeness (QED) is 0.687. The predicted octanol–water partition coefficient (Wildman–Crippen LogP) is 1.47. The van der Waals surface area contributed by atoms with Gasteiger partial charge in [-0.15, -0.1) is 0 Å². The molecule has 12 heavy (non-hydrogen) atoms. The first-order valence-electron chi connectivity index (χ1n) is 5.17. The molecule has 0 aromatic carbocycles. The zero-order chi connectivity index (χ0) is 8.97. The molecule has 0 radical (unpaired) electrons. The predicted molar refractivity (Wildman–Crippen MR) is 53.4 cm³/mol. The summed E-state index contributed by atoms with van der Waals surface area (Å²) in [6, 6.07) is 1.48. The molecule has 0 aliphatic carbocycles. The van der Waals surface area contributed by atoms with Crippen LogP contribution in [0, 0.1) is 0 Å². The lowest BCUT2D eigenvalue weighted by Gasteiger charge is -2.26. The fraction of sp³-hybridized carbons (Fsp3) is 1.00. The van der Waals surface area contributed by atoms with Crippen LogP contribution in [0.5, 0.6) is 0 Å². The van der Waals surface area contributed by atoms with Crippen LogP contribution in [0.1, 0.15) is 33.1 Å². The van der Waals surface area contributed by atoms with E-state index in [0.29, 0.717) is 0 Å². The highest BCUT2D eigenvalue weighted by Gasteiger charge is 2.17. The summed E-state index contributed by atoms with van der Waals surface area (Å²) in [4.78, 5) is 2.46. The van der Waals surface area contributed by atoms with Crippen LogP contribution in [0.25, 0.3) is 0 Å². The first kappa shape index (κ1) is 10.0. The maximum absolute atomic E-state index is 3.52. The topological polar surface area (TPSA) is 15.3 Å². The van der Waals surface area contributed by atoms with E-state index in [4.69, 9.17) is 0 Å². The van der Waals surface area contributed by atoms with E-state index in [1.165, 1.54) is 32.4 Å². The average Bonchev–Trinajstić information content (AvgIpc) is 2.55. The molecule has 0 bridgehead atoms. The van der Waals surface area contributed by atoms with Crippen molar-refractivity contribution in [2.45, 2.75) is 45.2 Å². The molecule has 0 aromatic heterocycles. The lowest BCUT2D eigenvalue weighted by Crippen LogP contribution is -2.39. The molecule has 0 spiro atoms. The Hall–Kier alpha value is -0.0800. The number of likely N-dealkylation sites (N-methyl/N-ethyl adjacent to an activating group) is 1. The van der Waals surface area contributed by atoms with Crippen LogP contribution in [0.15, 0.2) is 0 Å². The van der Waals surface area contributed by atoms with Crippen molar-refractivity contribution in [2.24, 2.45) is 0 Å². The summed E-state index contributed by atoms with van der Waals surface area (Å²) in [5.41, 5.74) is 0. The van der Waals surface area contributed by atoms with Crippen molar-refractivity contribution in [1.82, 2.24) is 10.2 Å². The Balaban J connectivity index is 2.19. The smallest absolute Gasteiger partial charge is 0.0195 e. The van der Waals surface area contributed by atoms with Gasteiger partial charge in [-0.1, -0.05) is 6.92 Å². The molecule has 72 valence electrons. The van der Waals surface area contributed by atoms with Gasteiger partial charge in [-0.05, 0) is 39.8 Å². The van der Waals surface area contributed by atoms with Crippen LogP contribution in [0.4, 0.5) is 0 Å². The van der Waals surface area contributed by atoms with Gasteiger partial charge < -0.3 is 10.2 Å². The Bertz CT molecular complexity index is 119. The molecule has 1 heterocycles. The van der Waals surface area contributed by atoms with Crippen molar-refractivity contribution >= 4 is 0 Å². The maximum Gasteiger partial charge on any atom is 0.0195 e. The highest BCUT2D eigenvalue weighted by Crippen LogP contribution is 2.08. The van der Waals surface area contributed by atoms with Crippen LogP contribution in [-0.2, 0) is 0 Å². The molecule has 0 aromatic rings. The van der Waals surface area contributed by atoms with Crippen LogP contribution < -0.4 is 5.32 Å². The Morgan fingerprint density at radius 1 is 1.58 bits per heavy atom. The Kier molecular flexibility index (Phi) is 4.02. The van der Waals surface area contributed by atoms with Gasteiger partial charge in [0.05, 0.1) is 0 Å². The van der Waals surface area contributed by atoms with Crippen LogP contribution in [0.3, 0.4) is 0 Å². The molecule has 1 aliphatic rings. The van der Waals surface area contributed by atoms with E-state index in [0.717, 1.165) is 12.1 Å². The average molecular weight is 170 g/mol.